The second-order valence-electron chi connectivity index (χ2n) is 7.61. The van der Waals surface area contributed by atoms with Gasteiger partial charge in [-0.2, -0.15) is 0 Å². The topological polar surface area (TPSA) is 41.4 Å². The summed E-state index contributed by atoms with van der Waals surface area (Å²) in [5.74, 6) is 0.147. The molecule has 1 aliphatic heterocycles. The molecular formula is C25H24N4O. The number of aromatic nitrogens is 2. The molecule has 0 saturated carbocycles. The smallest absolute Gasteiger partial charge is 0.242 e. The molecule has 1 aliphatic rings. The molecule has 150 valence electrons. The van der Waals surface area contributed by atoms with Crippen molar-refractivity contribution in [1.29, 1.82) is 0 Å². The summed E-state index contributed by atoms with van der Waals surface area (Å²) in [5.41, 5.74) is 5.62. The Labute approximate surface area is 176 Å². The number of para-hydroxylation sites is 3. The minimum Gasteiger partial charge on any atom is -0.367 e. The summed E-state index contributed by atoms with van der Waals surface area (Å²) in [4.78, 5) is 21.6. The molecule has 30 heavy (non-hydrogen) atoms. The number of nitrogens with zero attached hydrogens (tertiary/aromatic N) is 4. The highest BCUT2D eigenvalue weighted by molar-refractivity contribution is 5.81. The molecule has 0 unspecified atom stereocenters. The van der Waals surface area contributed by atoms with Crippen LogP contribution in [0.4, 0.5) is 5.69 Å². The van der Waals surface area contributed by atoms with Crippen molar-refractivity contribution in [1.82, 2.24) is 14.5 Å². The lowest BCUT2D eigenvalue weighted by molar-refractivity contribution is -0.132. The van der Waals surface area contributed by atoms with Crippen molar-refractivity contribution in [3.8, 4) is 11.1 Å². The molecule has 1 amide bonds. The Bertz CT molecular complexity index is 1160. The van der Waals surface area contributed by atoms with Gasteiger partial charge in [-0.05, 0) is 23.8 Å². The fraction of sp³-hybridized carbons (Fsp3) is 0.200. The summed E-state index contributed by atoms with van der Waals surface area (Å²) in [6.07, 6.45) is 1.76. The van der Waals surface area contributed by atoms with Gasteiger partial charge in [0.05, 0.1) is 17.4 Å². The van der Waals surface area contributed by atoms with Crippen molar-refractivity contribution in [2.45, 2.75) is 6.54 Å². The molecule has 0 N–H and O–H groups in total. The first-order valence-electron chi connectivity index (χ1n) is 10.4. The van der Waals surface area contributed by atoms with Crippen molar-refractivity contribution in [3.05, 3.63) is 85.2 Å². The molecule has 1 fully saturated rings. The van der Waals surface area contributed by atoms with Crippen LogP contribution in [0.1, 0.15) is 0 Å². The predicted molar refractivity (Wildman–Crippen MR) is 120 cm³/mol. The van der Waals surface area contributed by atoms with E-state index in [2.05, 4.69) is 58.4 Å². The number of rotatable bonds is 4. The van der Waals surface area contributed by atoms with Crippen LogP contribution in [-0.2, 0) is 11.3 Å². The van der Waals surface area contributed by atoms with E-state index in [1.165, 1.54) is 16.8 Å². The summed E-state index contributed by atoms with van der Waals surface area (Å²) in [5, 5.41) is 0. The van der Waals surface area contributed by atoms with Crippen molar-refractivity contribution in [3.63, 3.8) is 0 Å². The molecule has 0 spiro atoms. The minimum absolute atomic E-state index is 0.147. The van der Waals surface area contributed by atoms with E-state index < -0.39 is 0 Å². The summed E-state index contributed by atoms with van der Waals surface area (Å²) in [7, 11) is 0. The number of amides is 1. The molecule has 3 aromatic carbocycles. The average molecular weight is 396 g/mol. The quantitative estimate of drug-likeness (QED) is 0.523. The summed E-state index contributed by atoms with van der Waals surface area (Å²) < 4.78 is 1.94. The Kier molecular flexibility index (Phi) is 4.93. The number of fused-ring (bicyclic) bond motifs is 1. The first kappa shape index (κ1) is 18.4. The SMILES string of the molecule is O=C(Cn1cnc2ccccc21)N1CCN(c2ccccc2-c2ccccc2)CC1. The Balaban J connectivity index is 1.27. The lowest BCUT2D eigenvalue weighted by Crippen LogP contribution is -2.49. The molecule has 2 heterocycles. The molecule has 5 rings (SSSR count). The largest absolute Gasteiger partial charge is 0.367 e. The zero-order chi connectivity index (χ0) is 20.3. The van der Waals surface area contributed by atoms with E-state index in [1.54, 1.807) is 6.33 Å². The average Bonchev–Trinajstić information content (AvgIpc) is 3.22. The fourth-order valence-corrected chi connectivity index (χ4v) is 4.19. The van der Waals surface area contributed by atoms with Gasteiger partial charge in [0.1, 0.15) is 6.54 Å². The highest BCUT2D eigenvalue weighted by atomic mass is 16.2. The Morgan fingerprint density at radius 2 is 1.50 bits per heavy atom. The summed E-state index contributed by atoms with van der Waals surface area (Å²) in [6.45, 7) is 3.46. The molecular weight excluding hydrogens is 372 g/mol. The van der Waals surface area contributed by atoms with Crippen LogP contribution in [0.25, 0.3) is 22.2 Å². The second kappa shape index (κ2) is 8.03. The van der Waals surface area contributed by atoms with Gasteiger partial charge in [0.2, 0.25) is 5.91 Å². The normalized spacial score (nSPS) is 14.3. The van der Waals surface area contributed by atoms with Crippen LogP contribution in [0, 0.1) is 0 Å². The van der Waals surface area contributed by atoms with Gasteiger partial charge in [-0.25, -0.2) is 4.98 Å². The molecule has 0 aliphatic carbocycles. The lowest BCUT2D eigenvalue weighted by Gasteiger charge is -2.37. The molecule has 4 aromatic rings. The van der Waals surface area contributed by atoms with Crippen LogP contribution in [0.15, 0.2) is 85.2 Å². The number of benzene rings is 3. The molecule has 5 heteroatoms. The molecule has 0 atom stereocenters. The Morgan fingerprint density at radius 3 is 2.33 bits per heavy atom. The zero-order valence-electron chi connectivity index (χ0n) is 16.8. The summed E-state index contributed by atoms with van der Waals surface area (Å²) in [6, 6.07) is 26.9. The van der Waals surface area contributed by atoms with Gasteiger partial charge in [0.15, 0.2) is 0 Å². The third kappa shape index (κ3) is 3.54. The van der Waals surface area contributed by atoms with Gasteiger partial charge < -0.3 is 14.4 Å². The van der Waals surface area contributed by atoms with Crippen molar-refractivity contribution in [2.75, 3.05) is 31.1 Å². The maximum absolute atomic E-state index is 12.9. The number of piperazine rings is 1. The highest BCUT2D eigenvalue weighted by Crippen LogP contribution is 2.31. The second-order valence-corrected chi connectivity index (χ2v) is 7.61. The van der Waals surface area contributed by atoms with Gasteiger partial charge in [-0.15, -0.1) is 0 Å². The monoisotopic (exact) mass is 396 g/mol. The van der Waals surface area contributed by atoms with Crippen molar-refractivity contribution in [2.24, 2.45) is 0 Å². The van der Waals surface area contributed by atoms with E-state index >= 15 is 0 Å². The van der Waals surface area contributed by atoms with Gasteiger partial charge in [-0.3, -0.25) is 4.79 Å². The van der Waals surface area contributed by atoms with Crippen molar-refractivity contribution < 1.29 is 4.79 Å². The van der Waals surface area contributed by atoms with E-state index in [1.807, 2.05) is 39.8 Å². The van der Waals surface area contributed by atoms with Crippen LogP contribution in [0.2, 0.25) is 0 Å². The van der Waals surface area contributed by atoms with E-state index in [4.69, 9.17) is 0 Å². The molecule has 1 saturated heterocycles. The molecule has 1 aromatic heterocycles. The summed E-state index contributed by atoms with van der Waals surface area (Å²) >= 11 is 0. The minimum atomic E-state index is 0.147. The van der Waals surface area contributed by atoms with Crippen LogP contribution < -0.4 is 4.90 Å². The number of hydrogen-bond donors (Lipinski definition) is 0. The number of carbonyl (C=O) groups is 1. The number of anilines is 1. The third-order valence-electron chi connectivity index (χ3n) is 5.79. The zero-order valence-corrected chi connectivity index (χ0v) is 16.8. The van der Waals surface area contributed by atoms with Crippen LogP contribution in [0.5, 0.6) is 0 Å². The van der Waals surface area contributed by atoms with Crippen molar-refractivity contribution >= 4 is 22.6 Å². The van der Waals surface area contributed by atoms with Crippen LogP contribution in [-0.4, -0.2) is 46.5 Å². The molecule has 0 bridgehead atoms. The molecule has 5 nitrogen and oxygen atoms in total. The Morgan fingerprint density at radius 1 is 0.800 bits per heavy atom. The first-order valence-corrected chi connectivity index (χ1v) is 10.4. The third-order valence-corrected chi connectivity index (χ3v) is 5.79. The van der Waals surface area contributed by atoms with E-state index in [0.717, 1.165) is 37.2 Å². The van der Waals surface area contributed by atoms with Gasteiger partial charge in [0.25, 0.3) is 0 Å². The van der Waals surface area contributed by atoms with Gasteiger partial charge >= 0.3 is 0 Å². The number of hydrogen-bond acceptors (Lipinski definition) is 3. The Hall–Kier alpha value is -3.60. The number of imidazole rings is 1. The van der Waals surface area contributed by atoms with Gasteiger partial charge in [0, 0.05) is 37.4 Å². The van der Waals surface area contributed by atoms with E-state index in [-0.39, 0.29) is 5.91 Å². The van der Waals surface area contributed by atoms with Crippen LogP contribution >= 0.6 is 0 Å². The van der Waals surface area contributed by atoms with Crippen LogP contribution in [0.3, 0.4) is 0 Å². The maximum atomic E-state index is 12.9. The fourth-order valence-electron chi connectivity index (χ4n) is 4.19. The maximum Gasteiger partial charge on any atom is 0.242 e. The molecule has 0 radical (unpaired) electrons. The number of carbonyl (C=O) groups excluding carboxylic acids is 1. The first-order chi connectivity index (χ1) is 14.8. The van der Waals surface area contributed by atoms with Gasteiger partial charge in [-0.1, -0.05) is 60.7 Å². The highest BCUT2D eigenvalue weighted by Gasteiger charge is 2.23. The van der Waals surface area contributed by atoms with E-state index in [0.29, 0.717) is 6.54 Å². The predicted octanol–water partition coefficient (Wildman–Crippen LogP) is 4.05. The van der Waals surface area contributed by atoms with E-state index in [9.17, 15) is 4.79 Å². The standard InChI is InChI=1S/C25H24N4O/c30-25(18-29-19-26-22-11-5-7-13-24(22)29)28-16-14-27(15-17-28)23-12-6-4-10-21(23)20-8-2-1-3-9-20/h1-13,19H,14-18H2. The lowest BCUT2D eigenvalue weighted by atomic mass is 10.0.